The second kappa shape index (κ2) is 6.38. The average molecular weight is 259 g/mol. The summed E-state index contributed by atoms with van der Waals surface area (Å²) < 4.78 is 33.5. The van der Waals surface area contributed by atoms with Crippen molar-refractivity contribution < 1.29 is 23.4 Å². The molecule has 0 atom stereocenters. The van der Waals surface area contributed by atoms with Gasteiger partial charge >= 0.3 is 6.61 Å². The third-order valence-corrected chi connectivity index (χ3v) is 1.83. The SMILES string of the molecule is COc1ccc(/C=[NH+]\N=C(N)N)cc1OC(F)F. The van der Waals surface area contributed by atoms with E-state index in [4.69, 9.17) is 16.2 Å². The first-order valence-corrected chi connectivity index (χ1v) is 4.83. The first-order valence-electron chi connectivity index (χ1n) is 4.83. The Bertz CT molecular complexity index is 459. The minimum atomic E-state index is -2.93. The molecule has 0 bridgehead atoms. The number of guanidine groups is 1. The van der Waals surface area contributed by atoms with Gasteiger partial charge < -0.3 is 20.9 Å². The Hall–Kier alpha value is -2.38. The van der Waals surface area contributed by atoms with Gasteiger partial charge in [-0.25, -0.2) is 0 Å². The molecule has 0 aliphatic heterocycles. The molecular weight excluding hydrogens is 246 g/mol. The summed E-state index contributed by atoms with van der Waals surface area (Å²) in [4.78, 5) is 0. The fourth-order valence-electron chi connectivity index (χ4n) is 1.15. The van der Waals surface area contributed by atoms with Gasteiger partial charge in [0, 0.05) is 10.7 Å². The number of hydrazone groups is 1. The van der Waals surface area contributed by atoms with Gasteiger partial charge in [0.1, 0.15) is 0 Å². The van der Waals surface area contributed by atoms with E-state index in [1.165, 1.54) is 25.5 Å². The van der Waals surface area contributed by atoms with Crippen molar-refractivity contribution in [3.05, 3.63) is 23.8 Å². The normalized spacial score (nSPS) is 10.7. The lowest BCUT2D eigenvalue weighted by Crippen LogP contribution is -2.63. The number of hydrogen-bond acceptors (Lipinski definition) is 3. The molecule has 0 unspecified atom stereocenters. The van der Waals surface area contributed by atoms with Crippen LogP contribution in [-0.4, -0.2) is 25.9 Å². The smallest absolute Gasteiger partial charge is 0.387 e. The summed E-state index contributed by atoms with van der Waals surface area (Å²) >= 11 is 0. The van der Waals surface area contributed by atoms with Crippen LogP contribution in [0.4, 0.5) is 8.78 Å². The van der Waals surface area contributed by atoms with E-state index in [2.05, 4.69) is 14.9 Å². The lowest BCUT2D eigenvalue weighted by atomic mass is 10.2. The quantitative estimate of drug-likeness (QED) is 0.358. The number of alkyl halides is 2. The third-order valence-electron chi connectivity index (χ3n) is 1.83. The predicted molar refractivity (Wildman–Crippen MR) is 61.6 cm³/mol. The summed E-state index contributed by atoms with van der Waals surface area (Å²) in [6.45, 7) is -2.93. The third kappa shape index (κ3) is 4.24. The number of ether oxygens (including phenoxy) is 2. The van der Waals surface area contributed by atoms with Crippen LogP contribution in [0.25, 0.3) is 0 Å². The highest BCUT2D eigenvalue weighted by Gasteiger charge is 2.11. The molecule has 18 heavy (non-hydrogen) atoms. The Balaban J connectivity index is 2.95. The minimum absolute atomic E-state index is 0.0762. The molecule has 98 valence electrons. The van der Waals surface area contributed by atoms with Crippen molar-refractivity contribution in [1.82, 2.24) is 0 Å². The van der Waals surface area contributed by atoms with Gasteiger partial charge in [0.15, 0.2) is 11.5 Å². The van der Waals surface area contributed by atoms with Crippen LogP contribution in [0, 0.1) is 0 Å². The number of nitrogens with zero attached hydrogens (tertiary/aromatic N) is 1. The standard InChI is InChI=1S/C10H12F2N4O2/c1-17-7-3-2-6(5-15-16-10(13)14)4-8(7)18-9(11)12/h2-5,9H,1H3,(H4,13,14,16)/p+1/b15-5-. The largest absolute Gasteiger partial charge is 0.493 e. The first-order chi connectivity index (χ1) is 8.52. The number of methoxy groups -OCH3 is 1. The molecule has 0 amide bonds. The molecule has 0 saturated heterocycles. The van der Waals surface area contributed by atoms with Crippen LogP contribution in [0.1, 0.15) is 5.56 Å². The zero-order valence-corrected chi connectivity index (χ0v) is 9.56. The monoisotopic (exact) mass is 259 g/mol. The summed E-state index contributed by atoms with van der Waals surface area (Å²) in [5, 5.41) is 5.95. The van der Waals surface area contributed by atoms with Crippen LogP contribution in [0.3, 0.4) is 0 Å². The Morgan fingerprint density at radius 3 is 2.67 bits per heavy atom. The fraction of sp³-hybridized carbons (Fsp3) is 0.200. The molecule has 6 nitrogen and oxygen atoms in total. The van der Waals surface area contributed by atoms with Gasteiger partial charge in [0.25, 0.3) is 5.96 Å². The van der Waals surface area contributed by atoms with E-state index >= 15 is 0 Å². The highest BCUT2D eigenvalue weighted by Crippen LogP contribution is 2.28. The maximum Gasteiger partial charge on any atom is 0.387 e. The minimum Gasteiger partial charge on any atom is -0.493 e. The lowest BCUT2D eigenvalue weighted by molar-refractivity contribution is -0.456. The van der Waals surface area contributed by atoms with Crippen LogP contribution in [0.2, 0.25) is 0 Å². The number of rotatable bonds is 5. The van der Waals surface area contributed by atoms with Crippen LogP contribution in [-0.2, 0) is 0 Å². The van der Waals surface area contributed by atoms with Crippen LogP contribution < -0.4 is 26.0 Å². The van der Waals surface area contributed by atoms with Crippen LogP contribution in [0.5, 0.6) is 11.5 Å². The van der Waals surface area contributed by atoms with Crippen molar-refractivity contribution in [2.75, 3.05) is 7.11 Å². The van der Waals surface area contributed by atoms with Gasteiger partial charge in [-0.1, -0.05) is 0 Å². The predicted octanol–water partition coefficient (Wildman–Crippen LogP) is -1.02. The molecule has 1 aromatic carbocycles. The molecule has 0 heterocycles. The second-order valence-corrected chi connectivity index (χ2v) is 3.10. The average Bonchev–Trinajstić information content (AvgIpc) is 2.28. The summed E-state index contributed by atoms with van der Waals surface area (Å²) in [6, 6.07) is 4.47. The first kappa shape index (κ1) is 13.7. The number of nitrogens with one attached hydrogen (secondary N) is 1. The number of benzene rings is 1. The van der Waals surface area contributed by atoms with Gasteiger partial charge in [0.2, 0.25) is 6.21 Å². The van der Waals surface area contributed by atoms with E-state index in [9.17, 15) is 8.78 Å². The Kier molecular flexibility index (Phi) is 4.85. The van der Waals surface area contributed by atoms with Gasteiger partial charge in [-0.2, -0.15) is 8.78 Å². The van der Waals surface area contributed by atoms with Gasteiger partial charge in [-0.3, -0.25) is 0 Å². The molecule has 0 aliphatic rings. The van der Waals surface area contributed by atoms with Crippen LogP contribution in [0.15, 0.2) is 23.3 Å². The molecule has 0 spiro atoms. The molecule has 0 radical (unpaired) electrons. The van der Waals surface area contributed by atoms with Gasteiger partial charge in [-0.05, 0) is 18.2 Å². The van der Waals surface area contributed by atoms with Crippen molar-refractivity contribution in [2.45, 2.75) is 6.61 Å². The molecule has 0 aromatic heterocycles. The van der Waals surface area contributed by atoms with Crippen molar-refractivity contribution in [2.24, 2.45) is 16.6 Å². The van der Waals surface area contributed by atoms with E-state index in [-0.39, 0.29) is 17.5 Å². The fourth-order valence-corrected chi connectivity index (χ4v) is 1.15. The van der Waals surface area contributed by atoms with Crippen molar-refractivity contribution in [1.29, 1.82) is 0 Å². The van der Waals surface area contributed by atoms with Crippen molar-refractivity contribution >= 4 is 12.2 Å². The van der Waals surface area contributed by atoms with Gasteiger partial charge in [-0.15, -0.1) is 5.10 Å². The molecule has 0 saturated carbocycles. The molecular formula is C10H13F2N4O2+. The molecule has 0 aliphatic carbocycles. The van der Waals surface area contributed by atoms with Gasteiger partial charge in [0.05, 0.1) is 7.11 Å². The maximum absolute atomic E-state index is 12.2. The molecule has 1 rings (SSSR count). The van der Waals surface area contributed by atoms with Crippen molar-refractivity contribution in [3.63, 3.8) is 0 Å². The Labute approximate surface area is 102 Å². The molecule has 5 N–H and O–H groups in total. The van der Waals surface area contributed by atoms with E-state index in [1.807, 2.05) is 0 Å². The number of nitrogens with two attached hydrogens (primary N) is 2. The summed E-state index contributed by atoms with van der Waals surface area (Å²) in [6.07, 6.45) is 1.41. The van der Waals surface area contributed by atoms with E-state index < -0.39 is 6.61 Å². The summed E-state index contributed by atoms with van der Waals surface area (Å²) in [5.74, 6) is -0.0224. The van der Waals surface area contributed by atoms with E-state index in [0.29, 0.717) is 5.56 Å². The summed E-state index contributed by atoms with van der Waals surface area (Å²) in [5.41, 5.74) is 10.7. The zero-order valence-electron chi connectivity index (χ0n) is 9.56. The number of hydrogen-bond donors (Lipinski definition) is 3. The highest BCUT2D eigenvalue weighted by molar-refractivity contribution is 5.78. The Morgan fingerprint density at radius 2 is 2.11 bits per heavy atom. The lowest BCUT2D eigenvalue weighted by Gasteiger charge is -2.09. The van der Waals surface area contributed by atoms with Crippen LogP contribution >= 0.6 is 0 Å². The second-order valence-electron chi connectivity index (χ2n) is 3.10. The van der Waals surface area contributed by atoms with E-state index in [0.717, 1.165) is 0 Å². The van der Waals surface area contributed by atoms with E-state index in [1.54, 1.807) is 6.07 Å². The topological polar surface area (TPSA) is 96.8 Å². The van der Waals surface area contributed by atoms with Crippen molar-refractivity contribution in [3.8, 4) is 11.5 Å². The zero-order chi connectivity index (χ0) is 13.5. The Morgan fingerprint density at radius 1 is 1.39 bits per heavy atom. The molecule has 1 aromatic rings. The number of halogens is 2. The highest BCUT2D eigenvalue weighted by atomic mass is 19.3. The molecule has 8 heteroatoms. The maximum atomic E-state index is 12.2. The molecule has 0 fully saturated rings. The summed E-state index contributed by atoms with van der Waals surface area (Å²) in [7, 11) is 1.36.